The van der Waals surface area contributed by atoms with E-state index in [-0.39, 0.29) is 13.0 Å². The summed E-state index contributed by atoms with van der Waals surface area (Å²) in [5.41, 5.74) is 4.87. The molecule has 3 N–H and O–H groups in total. The number of piperidine rings is 1. The predicted molar refractivity (Wildman–Crippen MR) is 85.4 cm³/mol. The molecule has 3 rings (SSSR count). The predicted octanol–water partition coefficient (Wildman–Crippen LogP) is -0.549. The maximum absolute atomic E-state index is 12.3. The highest BCUT2D eigenvalue weighted by atomic mass is 32.3. The Morgan fingerprint density at radius 3 is 2.50 bits per heavy atom. The first kappa shape index (κ1) is 18.1. The van der Waals surface area contributed by atoms with E-state index in [9.17, 15) is 22.8 Å². The van der Waals surface area contributed by atoms with Gasteiger partial charge in [-0.2, -0.15) is 13.5 Å². The Labute approximate surface area is 148 Å². The van der Waals surface area contributed by atoms with Crippen molar-refractivity contribution in [1.82, 2.24) is 20.8 Å². The van der Waals surface area contributed by atoms with Crippen molar-refractivity contribution < 1.29 is 31.6 Å². The van der Waals surface area contributed by atoms with Crippen molar-refractivity contribution in [3.05, 3.63) is 35.9 Å². The number of benzene rings is 1. The molecule has 2 unspecified atom stereocenters. The summed E-state index contributed by atoms with van der Waals surface area (Å²) in [6.07, 6.45) is 0.539. The molecule has 11 nitrogen and oxygen atoms in total. The molecule has 2 heterocycles. The third-order valence-electron chi connectivity index (χ3n) is 4.14. The Balaban J connectivity index is 1.61. The van der Waals surface area contributed by atoms with E-state index in [0.29, 0.717) is 17.0 Å². The van der Waals surface area contributed by atoms with Crippen LogP contribution >= 0.6 is 0 Å². The second-order valence-corrected chi connectivity index (χ2v) is 6.82. The average molecular weight is 384 g/mol. The van der Waals surface area contributed by atoms with Gasteiger partial charge in [0.05, 0.1) is 6.04 Å². The van der Waals surface area contributed by atoms with Gasteiger partial charge in [-0.25, -0.2) is 4.79 Å². The second-order valence-electron chi connectivity index (χ2n) is 5.82. The van der Waals surface area contributed by atoms with Gasteiger partial charge in [-0.15, -0.1) is 4.28 Å². The van der Waals surface area contributed by atoms with Crippen LogP contribution in [0.4, 0.5) is 4.79 Å². The number of hydrogen-bond acceptors (Lipinski definition) is 6. The Morgan fingerprint density at radius 1 is 1.15 bits per heavy atom. The summed E-state index contributed by atoms with van der Waals surface area (Å²) in [6, 6.07) is 5.89. The summed E-state index contributed by atoms with van der Waals surface area (Å²) >= 11 is 0. The van der Waals surface area contributed by atoms with Gasteiger partial charge in [-0.05, 0) is 25.0 Å². The summed E-state index contributed by atoms with van der Waals surface area (Å²) in [7, 11) is -4.85. The van der Waals surface area contributed by atoms with E-state index in [4.69, 9.17) is 4.55 Å². The molecule has 0 aromatic heterocycles. The van der Waals surface area contributed by atoms with Crippen LogP contribution in [0.25, 0.3) is 0 Å². The molecule has 12 heteroatoms. The van der Waals surface area contributed by atoms with Crippen LogP contribution in [0.15, 0.2) is 30.3 Å². The molecule has 140 valence electrons. The number of hydrogen-bond donors (Lipinski definition) is 3. The maximum Gasteiger partial charge on any atom is 0.418 e. The summed E-state index contributed by atoms with van der Waals surface area (Å²) < 4.78 is 34.7. The Bertz CT molecular complexity index is 829. The van der Waals surface area contributed by atoms with Gasteiger partial charge in [0.2, 0.25) is 0 Å². The lowest BCUT2D eigenvalue weighted by molar-refractivity contribution is -0.126. The number of nitrogens with zero attached hydrogens (tertiary/aromatic N) is 2. The molecule has 2 bridgehead atoms. The minimum absolute atomic E-state index is 0.0685. The van der Waals surface area contributed by atoms with E-state index in [1.165, 1.54) is 0 Å². The van der Waals surface area contributed by atoms with Gasteiger partial charge >= 0.3 is 16.4 Å². The topological polar surface area (TPSA) is 145 Å². The number of urea groups is 1. The van der Waals surface area contributed by atoms with Crippen molar-refractivity contribution in [3.63, 3.8) is 0 Å². The lowest BCUT2D eigenvalue weighted by Gasteiger charge is -2.29. The van der Waals surface area contributed by atoms with Crippen molar-refractivity contribution in [3.8, 4) is 0 Å². The number of hydroxylamine groups is 2. The molecule has 0 spiro atoms. The fraction of sp³-hybridized carbons (Fsp3) is 0.357. The smallest absolute Gasteiger partial charge is 0.309 e. The normalized spacial score (nSPS) is 22.3. The number of carbonyl (C=O) groups is 3. The second kappa shape index (κ2) is 6.90. The van der Waals surface area contributed by atoms with Crippen molar-refractivity contribution in [2.24, 2.45) is 0 Å². The summed E-state index contributed by atoms with van der Waals surface area (Å²) in [5, 5.41) is 0.547. The fourth-order valence-corrected chi connectivity index (χ4v) is 3.36. The van der Waals surface area contributed by atoms with Crippen molar-refractivity contribution in [2.45, 2.75) is 24.9 Å². The first-order valence-corrected chi connectivity index (χ1v) is 9.05. The standard InChI is InChI=1S/C14H16N4O7S/c19-12(9-4-2-1-3-5-9)15-16-13(20)11-7-6-10-8-17(11)14(21)18(10)25-26(22,23)24/h1-5,10-11H,6-8H2,(H,15,19)(H,16,20)(H,22,23,24). The average Bonchev–Trinajstić information content (AvgIpc) is 2.84. The molecule has 1 aromatic rings. The molecule has 2 aliphatic heterocycles. The molecule has 4 amide bonds. The zero-order valence-electron chi connectivity index (χ0n) is 13.4. The Hall–Kier alpha value is -2.70. The minimum Gasteiger partial charge on any atom is -0.309 e. The molecule has 2 saturated heterocycles. The molecule has 0 aliphatic carbocycles. The molecule has 26 heavy (non-hydrogen) atoms. The van der Waals surface area contributed by atoms with Crippen LogP contribution in [0.2, 0.25) is 0 Å². The molecular weight excluding hydrogens is 368 g/mol. The molecular formula is C14H16N4O7S. The van der Waals surface area contributed by atoms with E-state index in [1.54, 1.807) is 30.3 Å². The highest BCUT2D eigenvalue weighted by molar-refractivity contribution is 7.80. The van der Waals surface area contributed by atoms with Gasteiger partial charge in [-0.3, -0.25) is 25.0 Å². The largest absolute Gasteiger partial charge is 0.418 e. The van der Waals surface area contributed by atoms with E-state index in [2.05, 4.69) is 15.1 Å². The first-order valence-electron chi connectivity index (χ1n) is 7.68. The highest BCUT2D eigenvalue weighted by Crippen LogP contribution is 2.30. The molecule has 1 aromatic carbocycles. The summed E-state index contributed by atoms with van der Waals surface area (Å²) in [6.45, 7) is 0.0685. The molecule has 0 radical (unpaired) electrons. The van der Waals surface area contributed by atoms with Crippen molar-refractivity contribution >= 4 is 28.2 Å². The van der Waals surface area contributed by atoms with Gasteiger partial charge in [-0.1, -0.05) is 18.2 Å². The number of hydrazine groups is 1. The highest BCUT2D eigenvalue weighted by Gasteiger charge is 2.49. The number of nitrogens with one attached hydrogen (secondary N) is 2. The van der Waals surface area contributed by atoms with Crippen LogP contribution in [0.3, 0.4) is 0 Å². The van der Waals surface area contributed by atoms with Gasteiger partial charge in [0.1, 0.15) is 6.04 Å². The Kier molecular flexibility index (Phi) is 4.80. The Morgan fingerprint density at radius 2 is 1.85 bits per heavy atom. The first-order chi connectivity index (χ1) is 12.3. The fourth-order valence-electron chi connectivity index (χ4n) is 2.97. The molecule has 2 aliphatic rings. The van der Waals surface area contributed by atoms with Gasteiger partial charge in [0, 0.05) is 12.1 Å². The maximum atomic E-state index is 12.3. The van der Waals surface area contributed by atoms with Gasteiger partial charge in [0.25, 0.3) is 11.8 Å². The van der Waals surface area contributed by atoms with Crippen molar-refractivity contribution in [1.29, 1.82) is 0 Å². The van der Waals surface area contributed by atoms with Gasteiger partial charge < -0.3 is 4.90 Å². The van der Waals surface area contributed by atoms with Crippen LogP contribution < -0.4 is 10.9 Å². The number of carbonyl (C=O) groups excluding carboxylic acids is 3. The van der Waals surface area contributed by atoms with E-state index in [0.717, 1.165) is 4.90 Å². The van der Waals surface area contributed by atoms with Crippen LogP contribution in [0.1, 0.15) is 23.2 Å². The molecule has 0 saturated carbocycles. The quantitative estimate of drug-likeness (QED) is 0.466. The lowest BCUT2D eigenvalue weighted by Crippen LogP contribution is -2.54. The zero-order chi connectivity index (χ0) is 18.9. The molecule has 2 atom stereocenters. The number of fused-ring (bicyclic) bond motifs is 2. The van der Waals surface area contributed by atoms with E-state index in [1.807, 2.05) is 0 Å². The minimum atomic E-state index is -4.85. The lowest BCUT2D eigenvalue weighted by atomic mass is 10.0. The van der Waals surface area contributed by atoms with Crippen LogP contribution in [0, 0.1) is 0 Å². The van der Waals surface area contributed by atoms with E-state index >= 15 is 0 Å². The summed E-state index contributed by atoms with van der Waals surface area (Å²) in [5.74, 6) is -1.13. The van der Waals surface area contributed by atoms with Crippen LogP contribution in [0.5, 0.6) is 0 Å². The monoisotopic (exact) mass is 384 g/mol. The number of amides is 4. The van der Waals surface area contributed by atoms with Gasteiger partial charge in [0.15, 0.2) is 0 Å². The SMILES string of the molecule is O=C(NNC(=O)C1CCC2CN1C(=O)N2OS(=O)(=O)O)c1ccccc1. The summed E-state index contributed by atoms with van der Waals surface area (Å²) in [4.78, 5) is 37.6. The van der Waals surface area contributed by atoms with E-state index < -0.39 is 40.3 Å². The van der Waals surface area contributed by atoms with Crippen molar-refractivity contribution in [2.75, 3.05) is 6.54 Å². The van der Waals surface area contributed by atoms with Crippen LogP contribution in [-0.4, -0.2) is 59.4 Å². The third-order valence-corrected chi connectivity index (χ3v) is 4.48. The molecule has 2 fully saturated rings. The third kappa shape index (κ3) is 3.76. The van der Waals surface area contributed by atoms with Crippen LogP contribution in [-0.2, 0) is 19.5 Å². The number of rotatable bonds is 4. The zero-order valence-corrected chi connectivity index (χ0v) is 14.2.